The lowest BCUT2D eigenvalue weighted by Gasteiger charge is -2.34. The van der Waals surface area contributed by atoms with Crippen molar-refractivity contribution in [3.63, 3.8) is 0 Å². The molecule has 0 bridgehead atoms. The Kier molecular flexibility index (Phi) is 6.04. The molecule has 1 atom stereocenters. The number of nitrogens with zero attached hydrogens (tertiary/aromatic N) is 2. The van der Waals surface area contributed by atoms with E-state index in [1.165, 1.54) is 12.0 Å². The second-order valence-electron chi connectivity index (χ2n) is 5.65. The number of rotatable bonds is 6. The average Bonchev–Trinajstić information content (AvgIpc) is 2.53. The van der Waals surface area contributed by atoms with Crippen LogP contribution in [0.15, 0.2) is 18.2 Å². The SMILES string of the molecule is CCNCc1ccc(N2CCCC(COC)C2)c(C#N)c1. The number of benzene rings is 1. The van der Waals surface area contributed by atoms with E-state index in [4.69, 9.17) is 4.74 Å². The highest BCUT2D eigenvalue weighted by Crippen LogP contribution is 2.27. The summed E-state index contributed by atoms with van der Waals surface area (Å²) in [6.07, 6.45) is 2.38. The van der Waals surface area contributed by atoms with Crippen LogP contribution in [0.2, 0.25) is 0 Å². The maximum absolute atomic E-state index is 9.45. The molecule has 1 aliphatic rings. The minimum Gasteiger partial charge on any atom is -0.384 e. The third kappa shape index (κ3) is 4.20. The maximum Gasteiger partial charge on any atom is 0.101 e. The van der Waals surface area contributed by atoms with Crippen molar-refractivity contribution >= 4 is 5.69 Å². The highest BCUT2D eigenvalue weighted by molar-refractivity contribution is 5.60. The monoisotopic (exact) mass is 287 g/mol. The third-order valence-electron chi connectivity index (χ3n) is 4.02. The summed E-state index contributed by atoms with van der Waals surface area (Å²) in [6.45, 7) is 6.66. The summed E-state index contributed by atoms with van der Waals surface area (Å²) in [5.41, 5.74) is 3.02. The van der Waals surface area contributed by atoms with Crippen molar-refractivity contribution in [3.05, 3.63) is 29.3 Å². The quantitative estimate of drug-likeness (QED) is 0.873. The molecule has 0 saturated carbocycles. The van der Waals surface area contributed by atoms with E-state index in [1.807, 2.05) is 6.07 Å². The Bertz CT molecular complexity index is 493. The molecule has 0 radical (unpaired) electrons. The first-order chi connectivity index (χ1) is 10.3. The van der Waals surface area contributed by atoms with Crippen LogP contribution in [0.25, 0.3) is 0 Å². The number of nitrogens with one attached hydrogen (secondary N) is 1. The average molecular weight is 287 g/mol. The number of hydrogen-bond donors (Lipinski definition) is 1. The van der Waals surface area contributed by atoms with Gasteiger partial charge in [0.15, 0.2) is 0 Å². The Morgan fingerprint density at radius 3 is 3.05 bits per heavy atom. The molecule has 1 aliphatic heterocycles. The molecule has 0 amide bonds. The fraction of sp³-hybridized carbons (Fsp3) is 0.588. The minimum atomic E-state index is 0.566. The second-order valence-corrected chi connectivity index (χ2v) is 5.65. The fourth-order valence-electron chi connectivity index (χ4n) is 2.98. The fourth-order valence-corrected chi connectivity index (χ4v) is 2.98. The van der Waals surface area contributed by atoms with Crippen LogP contribution in [0.4, 0.5) is 5.69 Å². The topological polar surface area (TPSA) is 48.3 Å². The Balaban J connectivity index is 2.13. The maximum atomic E-state index is 9.45. The van der Waals surface area contributed by atoms with Crippen molar-refractivity contribution in [1.82, 2.24) is 5.32 Å². The van der Waals surface area contributed by atoms with Crippen LogP contribution in [0.5, 0.6) is 0 Å². The molecule has 21 heavy (non-hydrogen) atoms. The summed E-state index contributed by atoms with van der Waals surface area (Å²) in [6, 6.07) is 8.59. The molecule has 114 valence electrons. The first kappa shape index (κ1) is 15.8. The van der Waals surface area contributed by atoms with Crippen molar-refractivity contribution in [3.8, 4) is 6.07 Å². The smallest absolute Gasteiger partial charge is 0.101 e. The van der Waals surface area contributed by atoms with Gasteiger partial charge < -0.3 is 15.0 Å². The van der Waals surface area contributed by atoms with E-state index in [0.29, 0.717) is 5.92 Å². The van der Waals surface area contributed by atoms with Gasteiger partial charge >= 0.3 is 0 Å². The molecule has 1 fully saturated rings. The zero-order chi connectivity index (χ0) is 15.1. The van der Waals surface area contributed by atoms with Crippen molar-refractivity contribution in [1.29, 1.82) is 5.26 Å². The van der Waals surface area contributed by atoms with Crippen LogP contribution < -0.4 is 10.2 Å². The van der Waals surface area contributed by atoms with E-state index in [-0.39, 0.29) is 0 Å². The standard InChI is InChI=1S/C17H25N3O/c1-3-19-11-14-6-7-17(16(9-14)10-18)20-8-4-5-15(12-20)13-21-2/h6-7,9,15,19H,3-5,8,11-13H2,1-2H3. The third-order valence-corrected chi connectivity index (χ3v) is 4.02. The molecule has 4 nitrogen and oxygen atoms in total. The van der Waals surface area contributed by atoms with Crippen LogP contribution in [0.3, 0.4) is 0 Å². The number of nitriles is 1. The number of ether oxygens (including phenoxy) is 1. The first-order valence-corrected chi connectivity index (χ1v) is 7.76. The Morgan fingerprint density at radius 1 is 1.48 bits per heavy atom. The lowest BCUT2D eigenvalue weighted by atomic mass is 9.97. The number of anilines is 1. The lowest BCUT2D eigenvalue weighted by molar-refractivity contribution is 0.143. The molecule has 1 heterocycles. The van der Waals surface area contributed by atoms with Crippen LogP contribution >= 0.6 is 0 Å². The molecular formula is C17H25N3O. The summed E-state index contributed by atoms with van der Waals surface area (Å²) >= 11 is 0. The van der Waals surface area contributed by atoms with E-state index in [1.54, 1.807) is 7.11 Å². The normalized spacial score (nSPS) is 18.5. The van der Waals surface area contributed by atoms with Gasteiger partial charge in [-0.15, -0.1) is 0 Å². The molecule has 0 spiro atoms. The van der Waals surface area contributed by atoms with Gasteiger partial charge in [0, 0.05) is 26.7 Å². The predicted molar refractivity (Wildman–Crippen MR) is 85.4 cm³/mol. The molecular weight excluding hydrogens is 262 g/mol. The van der Waals surface area contributed by atoms with E-state index < -0.39 is 0 Å². The van der Waals surface area contributed by atoms with E-state index in [0.717, 1.165) is 50.5 Å². The van der Waals surface area contributed by atoms with Gasteiger partial charge in [0.25, 0.3) is 0 Å². The number of methoxy groups -OCH3 is 1. The van der Waals surface area contributed by atoms with E-state index in [2.05, 4.69) is 35.3 Å². The highest BCUT2D eigenvalue weighted by Gasteiger charge is 2.21. The van der Waals surface area contributed by atoms with Gasteiger partial charge in [-0.25, -0.2) is 0 Å². The van der Waals surface area contributed by atoms with Gasteiger partial charge in [-0.2, -0.15) is 5.26 Å². The molecule has 1 aromatic carbocycles. The van der Waals surface area contributed by atoms with E-state index >= 15 is 0 Å². The van der Waals surface area contributed by atoms with Gasteiger partial charge in [0.05, 0.1) is 17.9 Å². The summed E-state index contributed by atoms with van der Waals surface area (Å²) in [4.78, 5) is 2.34. The Hall–Kier alpha value is -1.57. The van der Waals surface area contributed by atoms with Crippen molar-refractivity contribution in [2.24, 2.45) is 5.92 Å². The molecule has 0 aromatic heterocycles. The molecule has 1 N–H and O–H groups in total. The van der Waals surface area contributed by atoms with Gasteiger partial charge in [0.2, 0.25) is 0 Å². The lowest BCUT2D eigenvalue weighted by Crippen LogP contribution is -2.37. The van der Waals surface area contributed by atoms with Crippen LogP contribution in [0, 0.1) is 17.2 Å². The first-order valence-electron chi connectivity index (χ1n) is 7.76. The van der Waals surface area contributed by atoms with Gasteiger partial charge in [-0.3, -0.25) is 0 Å². The van der Waals surface area contributed by atoms with Gasteiger partial charge in [-0.1, -0.05) is 13.0 Å². The number of piperidine rings is 1. The molecule has 1 aromatic rings. The van der Waals surface area contributed by atoms with Crippen LogP contribution in [-0.4, -0.2) is 33.4 Å². The largest absolute Gasteiger partial charge is 0.384 e. The van der Waals surface area contributed by atoms with Gasteiger partial charge in [0.1, 0.15) is 6.07 Å². The Morgan fingerprint density at radius 2 is 2.33 bits per heavy atom. The molecule has 4 heteroatoms. The molecule has 1 saturated heterocycles. The zero-order valence-corrected chi connectivity index (χ0v) is 13.1. The van der Waals surface area contributed by atoms with Crippen molar-refractivity contribution < 1.29 is 4.74 Å². The number of hydrogen-bond acceptors (Lipinski definition) is 4. The summed E-state index contributed by atoms with van der Waals surface area (Å²) < 4.78 is 5.29. The van der Waals surface area contributed by atoms with Crippen LogP contribution in [-0.2, 0) is 11.3 Å². The summed E-state index contributed by atoms with van der Waals surface area (Å²) in [7, 11) is 1.76. The zero-order valence-electron chi connectivity index (χ0n) is 13.1. The van der Waals surface area contributed by atoms with E-state index in [9.17, 15) is 5.26 Å². The van der Waals surface area contributed by atoms with Crippen molar-refractivity contribution in [2.75, 3.05) is 38.3 Å². The Labute approximate surface area is 127 Å². The van der Waals surface area contributed by atoms with Crippen molar-refractivity contribution in [2.45, 2.75) is 26.3 Å². The summed E-state index contributed by atoms with van der Waals surface area (Å²) in [5.74, 6) is 0.566. The molecule has 2 rings (SSSR count). The molecule has 1 unspecified atom stereocenters. The summed E-state index contributed by atoms with van der Waals surface area (Å²) in [5, 5.41) is 12.7. The van der Waals surface area contributed by atoms with Crippen LogP contribution in [0.1, 0.15) is 30.9 Å². The predicted octanol–water partition coefficient (Wildman–Crippen LogP) is 2.53. The minimum absolute atomic E-state index is 0.566. The second kappa shape index (κ2) is 8.02. The van der Waals surface area contributed by atoms with Gasteiger partial charge in [-0.05, 0) is 43.0 Å². The highest BCUT2D eigenvalue weighted by atomic mass is 16.5. The molecule has 0 aliphatic carbocycles.